The number of aromatic nitrogens is 1. The number of ether oxygens (including phenoxy) is 1. The highest BCUT2D eigenvalue weighted by molar-refractivity contribution is 5.92. The summed E-state index contributed by atoms with van der Waals surface area (Å²) in [5.41, 5.74) is 2.67. The molecule has 0 spiro atoms. The van der Waals surface area contributed by atoms with Crippen LogP contribution in [-0.2, 0) is 0 Å². The summed E-state index contributed by atoms with van der Waals surface area (Å²) in [4.78, 5) is 19.6. The molecule has 2 aliphatic carbocycles. The molecule has 2 aliphatic rings. The Morgan fingerprint density at radius 3 is 2.54 bits per heavy atom. The molecule has 1 amide bonds. The molecule has 1 N–H and O–H groups in total. The maximum absolute atomic E-state index is 13.0. The lowest BCUT2D eigenvalue weighted by molar-refractivity contribution is 0.0923. The van der Waals surface area contributed by atoms with Crippen molar-refractivity contribution in [3.63, 3.8) is 0 Å². The summed E-state index contributed by atoms with van der Waals surface area (Å²) in [6.45, 7) is 1.44. The second kappa shape index (κ2) is 8.31. The molecular weight excluding hydrogens is 350 g/mol. The van der Waals surface area contributed by atoms with Crippen LogP contribution in [0.15, 0.2) is 42.5 Å². The molecule has 1 aromatic carbocycles. The van der Waals surface area contributed by atoms with Crippen LogP contribution in [0.3, 0.4) is 0 Å². The van der Waals surface area contributed by atoms with Gasteiger partial charge >= 0.3 is 0 Å². The first-order chi connectivity index (χ1) is 13.6. The Hall–Kier alpha value is -2.40. The lowest BCUT2D eigenvalue weighted by Crippen LogP contribution is -2.35. The standard InChI is InChI=1S/C23H29N3O2/c1-26(2)14-21(18-6-4-3-5-7-18)24-22(27)20-13-12-19(17-10-11-17)23(25-20)28-15-16-8-9-16/h3-7,12-13,16-17,21H,8-11,14-15H2,1-2H3,(H,24,27)/t21-/m1/s1. The van der Waals surface area contributed by atoms with Gasteiger partial charge in [-0.3, -0.25) is 4.79 Å². The number of carbonyl (C=O) groups excluding carboxylic acids is 1. The van der Waals surface area contributed by atoms with Crippen LogP contribution in [0.2, 0.25) is 0 Å². The third kappa shape index (κ3) is 4.90. The van der Waals surface area contributed by atoms with E-state index in [1.165, 1.54) is 25.7 Å². The SMILES string of the molecule is CN(C)C[C@@H](NC(=O)c1ccc(C2CC2)c(OCC2CC2)n1)c1ccccc1. The number of likely N-dealkylation sites (N-methyl/N-ethyl adjacent to an activating group) is 1. The van der Waals surface area contributed by atoms with Crippen LogP contribution in [0.4, 0.5) is 0 Å². The van der Waals surface area contributed by atoms with Crippen molar-refractivity contribution >= 4 is 5.91 Å². The minimum absolute atomic E-state index is 0.0931. The van der Waals surface area contributed by atoms with Gasteiger partial charge in [0, 0.05) is 12.1 Å². The van der Waals surface area contributed by atoms with E-state index in [-0.39, 0.29) is 11.9 Å². The van der Waals surface area contributed by atoms with E-state index in [0.29, 0.717) is 30.0 Å². The highest BCUT2D eigenvalue weighted by Crippen LogP contribution is 2.44. The summed E-state index contributed by atoms with van der Waals surface area (Å²) in [5.74, 6) is 1.71. The van der Waals surface area contributed by atoms with Gasteiger partial charge in [0.05, 0.1) is 12.6 Å². The lowest BCUT2D eigenvalue weighted by atomic mass is 10.1. The molecule has 0 saturated heterocycles. The van der Waals surface area contributed by atoms with Crippen LogP contribution >= 0.6 is 0 Å². The number of hydrogen-bond acceptors (Lipinski definition) is 4. The second-order valence-electron chi connectivity index (χ2n) is 8.32. The molecule has 0 radical (unpaired) electrons. The van der Waals surface area contributed by atoms with Crippen molar-refractivity contribution in [2.45, 2.75) is 37.6 Å². The monoisotopic (exact) mass is 379 g/mol. The first-order valence-corrected chi connectivity index (χ1v) is 10.2. The molecule has 5 nitrogen and oxygen atoms in total. The number of amides is 1. The van der Waals surface area contributed by atoms with Crippen molar-refractivity contribution in [2.75, 3.05) is 27.2 Å². The highest BCUT2D eigenvalue weighted by Gasteiger charge is 2.30. The van der Waals surface area contributed by atoms with Gasteiger partial charge < -0.3 is 15.0 Å². The van der Waals surface area contributed by atoms with Crippen LogP contribution in [0.5, 0.6) is 5.88 Å². The van der Waals surface area contributed by atoms with E-state index in [4.69, 9.17) is 4.74 Å². The molecule has 1 aromatic heterocycles. The first kappa shape index (κ1) is 18.9. The zero-order valence-electron chi connectivity index (χ0n) is 16.7. The van der Waals surface area contributed by atoms with E-state index in [0.717, 1.165) is 17.7 Å². The summed E-state index contributed by atoms with van der Waals surface area (Å²) in [5, 5.41) is 3.15. The van der Waals surface area contributed by atoms with E-state index in [9.17, 15) is 4.79 Å². The van der Waals surface area contributed by atoms with Gasteiger partial charge in [-0.15, -0.1) is 0 Å². The van der Waals surface area contributed by atoms with Crippen LogP contribution < -0.4 is 10.1 Å². The van der Waals surface area contributed by atoms with Gasteiger partial charge in [-0.1, -0.05) is 36.4 Å². The topological polar surface area (TPSA) is 54.5 Å². The van der Waals surface area contributed by atoms with E-state index in [2.05, 4.69) is 15.2 Å². The lowest BCUT2D eigenvalue weighted by Gasteiger charge is -2.23. The fraction of sp³-hybridized carbons (Fsp3) is 0.478. The Labute approximate surface area is 167 Å². The van der Waals surface area contributed by atoms with E-state index in [1.54, 1.807) is 0 Å². The number of nitrogens with one attached hydrogen (secondary N) is 1. The van der Waals surface area contributed by atoms with Crippen LogP contribution in [-0.4, -0.2) is 43.0 Å². The molecule has 0 unspecified atom stereocenters. The Morgan fingerprint density at radius 2 is 1.89 bits per heavy atom. The van der Waals surface area contributed by atoms with Gasteiger partial charge in [0.1, 0.15) is 5.69 Å². The van der Waals surface area contributed by atoms with Gasteiger partial charge in [-0.05, 0) is 63.2 Å². The van der Waals surface area contributed by atoms with Gasteiger partial charge in [-0.2, -0.15) is 0 Å². The minimum Gasteiger partial charge on any atom is -0.477 e. The quantitative estimate of drug-likeness (QED) is 0.720. The first-order valence-electron chi connectivity index (χ1n) is 10.2. The number of carbonyl (C=O) groups is 1. The summed E-state index contributed by atoms with van der Waals surface area (Å²) < 4.78 is 6.01. The minimum atomic E-state index is -0.158. The average molecular weight is 380 g/mol. The van der Waals surface area contributed by atoms with Crippen molar-refractivity contribution in [1.82, 2.24) is 15.2 Å². The molecule has 28 heavy (non-hydrogen) atoms. The third-order valence-corrected chi connectivity index (χ3v) is 5.35. The Kier molecular flexibility index (Phi) is 5.62. The van der Waals surface area contributed by atoms with Crippen LogP contribution in [0.25, 0.3) is 0 Å². The van der Waals surface area contributed by atoms with Crippen molar-refractivity contribution in [1.29, 1.82) is 0 Å². The summed E-state index contributed by atoms with van der Waals surface area (Å²) >= 11 is 0. The maximum atomic E-state index is 13.0. The largest absolute Gasteiger partial charge is 0.477 e. The Bertz CT molecular complexity index is 814. The average Bonchev–Trinajstić information content (AvgIpc) is 3.60. The van der Waals surface area contributed by atoms with Gasteiger partial charge in [-0.25, -0.2) is 4.98 Å². The van der Waals surface area contributed by atoms with E-state index < -0.39 is 0 Å². The number of benzene rings is 1. The zero-order valence-corrected chi connectivity index (χ0v) is 16.7. The summed E-state index contributed by atoms with van der Waals surface area (Å²) in [6, 6.07) is 13.8. The smallest absolute Gasteiger partial charge is 0.270 e. The normalized spacial score (nSPS) is 17.4. The number of pyridine rings is 1. The fourth-order valence-corrected chi connectivity index (χ4v) is 3.40. The molecule has 1 heterocycles. The maximum Gasteiger partial charge on any atom is 0.270 e. The van der Waals surface area contributed by atoms with Gasteiger partial charge in [0.15, 0.2) is 0 Å². The predicted molar refractivity (Wildman–Crippen MR) is 110 cm³/mol. The summed E-state index contributed by atoms with van der Waals surface area (Å²) in [7, 11) is 4.02. The van der Waals surface area contributed by atoms with Crippen molar-refractivity contribution < 1.29 is 9.53 Å². The molecular formula is C23H29N3O2. The van der Waals surface area contributed by atoms with Crippen molar-refractivity contribution in [3.8, 4) is 5.88 Å². The Morgan fingerprint density at radius 1 is 1.14 bits per heavy atom. The number of nitrogens with zero attached hydrogens (tertiary/aromatic N) is 2. The molecule has 0 aliphatic heterocycles. The van der Waals surface area contributed by atoms with E-state index >= 15 is 0 Å². The second-order valence-corrected chi connectivity index (χ2v) is 8.32. The molecule has 148 valence electrons. The van der Waals surface area contributed by atoms with Crippen LogP contribution in [0.1, 0.15) is 59.3 Å². The van der Waals surface area contributed by atoms with Gasteiger partial charge in [0.25, 0.3) is 5.91 Å². The molecule has 5 heteroatoms. The fourth-order valence-electron chi connectivity index (χ4n) is 3.40. The third-order valence-electron chi connectivity index (χ3n) is 5.35. The van der Waals surface area contributed by atoms with E-state index in [1.807, 2.05) is 56.6 Å². The van der Waals surface area contributed by atoms with Crippen molar-refractivity contribution in [2.24, 2.45) is 5.92 Å². The van der Waals surface area contributed by atoms with Crippen LogP contribution in [0, 0.1) is 5.92 Å². The Balaban J connectivity index is 1.51. The molecule has 2 saturated carbocycles. The summed E-state index contributed by atoms with van der Waals surface area (Å²) in [6.07, 6.45) is 4.85. The molecule has 1 atom stereocenters. The number of hydrogen-bond donors (Lipinski definition) is 1. The molecule has 2 aromatic rings. The highest BCUT2D eigenvalue weighted by atomic mass is 16.5. The predicted octanol–water partition coefficient (Wildman–Crippen LogP) is 3.78. The molecule has 4 rings (SSSR count). The molecule has 2 fully saturated rings. The zero-order chi connectivity index (χ0) is 19.5. The van der Waals surface area contributed by atoms with Crippen molar-refractivity contribution in [3.05, 3.63) is 59.3 Å². The molecule has 0 bridgehead atoms. The van der Waals surface area contributed by atoms with Gasteiger partial charge in [0.2, 0.25) is 5.88 Å². The number of rotatable bonds is 9.